The summed E-state index contributed by atoms with van der Waals surface area (Å²) in [6.07, 6.45) is -5.26. The van der Waals surface area contributed by atoms with E-state index in [0.717, 1.165) is 0 Å². The molecule has 0 aliphatic rings. The highest BCUT2D eigenvalue weighted by molar-refractivity contribution is 5.81. The largest absolute Gasteiger partial charge is 0.471 e. The Morgan fingerprint density at radius 3 is 2.24 bits per heavy atom. The van der Waals surface area contributed by atoms with Gasteiger partial charge in [0.25, 0.3) is 0 Å². The van der Waals surface area contributed by atoms with Crippen molar-refractivity contribution in [1.29, 1.82) is 0 Å². The van der Waals surface area contributed by atoms with Crippen LogP contribution in [0.25, 0.3) is 0 Å². The maximum Gasteiger partial charge on any atom is 0.471 e. The Kier molecular flexibility index (Phi) is 7.48. The van der Waals surface area contributed by atoms with Crippen LogP contribution in [0.2, 0.25) is 0 Å². The van der Waals surface area contributed by atoms with Crippen molar-refractivity contribution in [2.24, 2.45) is 0 Å². The van der Waals surface area contributed by atoms with Gasteiger partial charge in [-0.3, -0.25) is 4.79 Å². The van der Waals surface area contributed by atoms with Gasteiger partial charge in [-0.15, -0.1) is 0 Å². The Morgan fingerprint density at radius 1 is 1.24 bits per heavy atom. The molecule has 2 amide bonds. The number of hydrogen-bond donors (Lipinski definition) is 3. The number of carbonyl (C=O) groups excluding carboxylic acids is 2. The molecular weight excluding hydrogens is 293 g/mol. The summed E-state index contributed by atoms with van der Waals surface area (Å²) >= 11 is 0. The monoisotopic (exact) mass is 314 g/mol. The summed E-state index contributed by atoms with van der Waals surface area (Å²) in [6, 6.07) is -0.650. The highest BCUT2D eigenvalue weighted by Crippen LogP contribution is 2.14. The van der Waals surface area contributed by atoms with Crippen LogP contribution in [-0.2, 0) is 9.53 Å². The van der Waals surface area contributed by atoms with E-state index in [2.05, 4.69) is 5.32 Å². The zero-order valence-corrected chi connectivity index (χ0v) is 12.2. The Hall–Kier alpha value is -1.51. The second kappa shape index (κ2) is 8.06. The molecule has 0 fully saturated rings. The minimum absolute atomic E-state index is 0.169. The zero-order chi connectivity index (χ0) is 16.7. The lowest BCUT2D eigenvalue weighted by molar-refractivity contribution is -0.173. The maximum absolute atomic E-state index is 11.9. The third kappa shape index (κ3) is 9.94. The molecule has 1 unspecified atom stereocenters. The lowest BCUT2D eigenvalue weighted by atomic mass is 10.1. The number of rotatable bonds is 6. The van der Waals surface area contributed by atoms with Crippen LogP contribution in [0, 0.1) is 0 Å². The SMILES string of the molecule is CC(C)(C)OC(=O)NC(CO)CCCNC(=O)C(F)(F)F. The molecule has 0 rings (SSSR count). The third-order valence-electron chi connectivity index (χ3n) is 2.21. The Morgan fingerprint density at radius 2 is 1.81 bits per heavy atom. The van der Waals surface area contributed by atoms with E-state index >= 15 is 0 Å². The number of alkyl halides is 3. The van der Waals surface area contributed by atoms with E-state index in [1.54, 1.807) is 26.1 Å². The highest BCUT2D eigenvalue weighted by Gasteiger charge is 2.38. The fourth-order valence-electron chi connectivity index (χ4n) is 1.33. The van der Waals surface area contributed by atoms with E-state index in [9.17, 15) is 22.8 Å². The van der Waals surface area contributed by atoms with Crippen LogP contribution in [0.5, 0.6) is 0 Å². The van der Waals surface area contributed by atoms with Gasteiger partial charge in [-0.25, -0.2) is 4.79 Å². The van der Waals surface area contributed by atoms with Crippen LogP contribution in [-0.4, -0.2) is 48.1 Å². The fraction of sp³-hybridized carbons (Fsp3) is 0.833. The van der Waals surface area contributed by atoms with Gasteiger partial charge in [-0.05, 0) is 33.6 Å². The Labute approximate surface area is 121 Å². The molecule has 0 aliphatic heterocycles. The van der Waals surface area contributed by atoms with Crippen LogP contribution >= 0.6 is 0 Å². The number of ether oxygens (including phenoxy) is 1. The highest BCUT2D eigenvalue weighted by atomic mass is 19.4. The fourth-order valence-corrected chi connectivity index (χ4v) is 1.33. The molecule has 21 heavy (non-hydrogen) atoms. The molecule has 0 aromatic heterocycles. The van der Waals surface area contributed by atoms with E-state index in [0.29, 0.717) is 0 Å². The number of halogens is 3. The number of aliphatic hydroxyl groups excluding tert-OH is 1. The van der Waals surface area contributed by atoms with Crippen molar-refractivity contribution in [2.45, 2.75) is 51.4 Å². The maximum atomic E-state index is 11.9. The number of amides is 2. The second-order valence-corrected chi connectivity index (χ2v) is 5.42. The number of aliphatic hydroxyl groups is 1. The van der Waals surface area contributed by atoms with Crippen molar-refractivity contribution in [1.82, 2.24) is 10.6 Å². The first-order valence-corrected chi connectivity index (χ1v) is 6.41. The average Bonchev–Trinajstić information content (AvgIpc) is 2.28. The third-order valence-corrected chi connectivity index (χ3v) is 2.21. The van der Waals surface area contributed by atoms with Crippen molar-refractivity contribution in [3.05, 3.63) is 0 Å². The topological polar surface area (TPSA) is 87.7 Å². The predicted molar refractivity (Wildman–Crippen MR) is 68.5 cm³/mol. The molecule has 0 aromatic rings. The summed E-state index contributed by atoms with van der Waals surface area (Å²) in [5, 5.41) is 13.2. The number of alkyl carbamates (subject to hydrolysis) is 1. The van der Waals surface area contributed by atoms with E-state index in [-0.39, 0.29) is 26.0 Å². The first-order chi connectivity index (χ1) is 9.45. The lowest BCUT2D eigenvalue weighted by Gasteiger charge is -2.22. The molecule has 124 valence electrons. The Balaban J connectivity index is 4.01. The van der Waals surface area contributed by atoms with Gasteiger partial charge in [0.2, 0.25) is 0 Å². The second-order valence-electron chi connectivity index (χ2n) is 5.42. The standard InChI is InChI=1S/C12H21F3N2O4/c1-11(2,3)21-10(20)17-8(7-18)5-4-6-16-9(19)12(13,14)15/h8,18H,4-7H2,1-3H3,(H,16,19)(H,17,20). The van der Waals surface area contributed by atoms with Crippen molar-refractivity contribution < 1.29 is 32.6 Å². The molecule has 0 saturated heterocycles. The normalized spacial score (nSPS) is 13.5. The van der Waals surface area contributed by atoms with Gasteiger partial charge in [-0.2, -0.15) is 13.2 Å². The van der Waals surface area contributed by atoms with Gasteiger partial charge in [0.15, 0.2) is 0 Å². The number of carbonyl (C=O) groups is 2. The Bertz CT molecular complexity index is 353. The first kappa shape index (κ1) is 19.5. The number of nitrogens with one attached hydrogen (secondary N) is 2. The van der Waals surface area contributed by atoms with E-state index in [1.165, 1.54) is 0 Å². The summed E-state index contributed by atoms with van der Waals surface area (Å²) < 4.78 is 40.7. The first-order valence-electron chi connectivity index (χ1n) is 6.41. The molecular formula is C12H21F3N2O4. The summed E-state index contributed by atoms with van der Waals surface area (Å²) in [4.78, 5) is 22.0. The average molecular weight is 314 g/mol. The predicted octanol–water partition coefficient (Wildman–Crippen LogP) is 1.33. The number of hydrogen-bond acceptors (Lipinski definition) is 4. The molecule has 0 aromatic carbocycles. The molecule has 6 nitrogen and oxygen atoms in total. The minimum atomic E-state index is -4.91. The van der Waals surface area contributed by atoms with Crippen molar-refractivity contribution in [3.8, 4) is 0 Å². The molecule has 0 radical (unpaired) electrons. The van der Waals surface area contributed by atoms with Gasteiger partial charge in [0.05, 0.1) is 12.6 Å². The molecule has 0 spiro atoms. The van der Waals surface area contributed by atoms with Gasteiger partial charge in [-0.1, -0.05) is 0 Å². The van der Waals surface area contributed by atoms with E-state index in [4.69, 9.17) is 9.84 Å². The van der Waals surface area contributed by atoms with Crippen LogP contribution in [0.15, 0.2) is 0 Å². The molecule has 9 heteroatoms. The van der Waals surface area contributed by atoms with Crippen LogP contribution in [0.3, 0.4) is 0 Å². The van der Waals surface area contributed by atoms with Crippen LogP contribution in [0.1, 0.15) is 33.6 Å². The molecule has 3 N–H and O–H groups in total. The molecule has 0 bridgehead atoms. The smallest absolute Gasteiger partial charge is 0.444 e. The summed E-state index contributed by atoms with van der Waals surface area (Å²) in [6.45, 7) is 4.44. The molecule has 0 saturated carbocycles. The van der Waals surface area contributed by atoms with Gasteiger partial charge in [0, 0.05) is 6.54 Å². The molecule has 1 atom stereocenters. The van der Waals surface area contributed by atoms with E-state index in [1.807, 2.05) is 0 Å². The molecule has 0 heterocycles. The van der Waals surface area contributed by atoms with E-state index < -0.39 is 29.8 Å². The van der Waals surface area contributed by atoms with Crippen molar-refractivity contribution in [3.63, 3.8) is 0 Å². The molecule has 0 aliphatic carbocycles. The van der Waals surface area contributed by atoms with Gasteiger partial charge in [0.1, 0.15) is 5.60 Å². The summed E-state index contributed by atoms with van der Waals surface area (Å²) in [7, 11) is 0. The van der Waals surface area contributed by atoms with Crippen molar-refractivity contribution >= 4 is 12.0 Å². The zero-order valence-electron chi connectivity index (χ0n) is 12.2. The van der Waals surface area contributed by atoms with Crippen molar-refractivity contribution in [2.75, 3.05) is 13.2 Å². The van der Waals surface area contributed by atoms with Gasteiger partial charge >= 0.3 is 18.2 Å². The summed E-state index contributed by atoms with van der Waals surface area (Å²) in [5.41, 5.74) is -0.690. The minimum Gasteiger partial charge on any atom is -0.444 e. The van der Waals surface area contributed by atoms with Crippen LogP contribution in [0.4, 0.5) is 18.0 Å². The summed E-state index contributed by atoms with van der Waals surface area (Å²) in [5.74, 6) is -2.01. The van der Waals surface area contributed by atoms with Crippen LogP contribution < -0.4 is 10.6 Å². The lowest BCUT2D eigenvalue weighted by Crippen LogP contribution is -2.42. The van der Waals surface area contributed by atoms with Gasteiger partial charge < -0.3 is 20.5 Å². The quantitative estimate of drug-likeness (QED) is 0.646.